The van der Waals surface area contributed by atoms with Crippen molar-refractivity contribution in [3.8, 4) is 0 Å². The molecular weight excluding hydrogens is 220 g/mol. The molecule has 1 aromatic carbocycles. The molecule has 0 saturated heterocycles. The summed E-state index contributed by atoms with van der Waals surface area (Å²) in [6, 6.07) is 6.53. The van der Waals surface area contributed by atoms with Crippen LogP contribution in [0.5, 0.6) is 0 Å². The molecule has 1 aliphatic heterocycles. The lowest BCUT2D eigenvalue weighted by Gasteiger charge is -1.86. The molecule has 1 heterocycles. The maximum absolute atomic E-state index is 10.8. The smallest absolute Gasteiger partial charge is 0.346 e. The standard InChI is InChI=1S/C8H4O3.4FH/c9-7-5-3-1-2-4-6(5)8(10)11-7;;;;/h1-4H;4*1H. The largest absolute Gasteiger partial charge is 0.386 e. The zero-order valence-electron chi connectivity index (χ0n) is 7.17. The van der Waals surface area contributed by atoms with Gasteiger partial charge in [-0.3, -0.25) is 18.8 Å². The molecule has 0 radical (unpaired) electrons. The zero-order chi connectivity index (χ0) is 7.84. The van der Waals surface area contributed by atoms with Crippen LogP contribution in [-0.2, 0) is 4.74 Å². The van der Waals surface area contributed by atoms with Gasteiger partial charge in [0, 0.05) is 0 Å². The molecule has 0 atom stereocenters. The normalized spacial score (nSPS) is 10.7. The van der Waals surface area contributed by atoms with Crippen molar-refractivity contribution in [2.45, 2.75) is 0 Å². The van der Waals surface area contributed by atoms with E-state index in [1.54, 1.807) is 24.3 Å². The van der Waals surface area contributed by atoms with E-state index in [9.17, 15) is 9.59 Å². The lowest BCUT2D eigenvalue weighted by atomic mass is 10.1. The summed E-state index contributed by atoms with van der Waals surface area (Å²) in [5, 5.41) is 0. The van der Waals surface area contributed by atoms with Crippen molar-refractivity contribution < 1.29 is 33.1 Å². The van der Waals surface area contributed by atoms with Gasteiger partial charge in [-0.05, 0) is 12.1 Å². The number of esters is 2. The van der Waals surface area contributed by atoms with Crippen molar-refractivity contribution >= 4 is 11.9 Å². The molecule has 0 aromatic heterocycles. The third kappa shape index (κ3) is 2.76. The minimum absolute atomic E-state index is 0. The highest BCUT2D eigenvalue weighted by Gasteiger charge is 2.28. The Balaban J connectivity index is -0.000000360. The molecule has 0 spiro atoms. The van der Waals surface area contributed by atoms with Crippen molar-refractivity contribution in [2.75, 3.05) is 0 Å². The van der Waals surface area contributed by atoms with E-state index in [0.717, 1.165) is 0 Å². The van der Waals surface area contributed by atoms with Crippen molar-refractivity contribution in [3.63, 3.8) is 0 Å². The van der Waals surface area contributed by atoms with E-state index in [1.165, 1.54) is 0 Å². The summed E-state index contributed by atoms with van der Waals surface area (Å²) in [6.07, 6.45) is 0. The fourth-order valence-electron chi connectivity index (χ4n) is 1.03. The summed E-state index contributed by atoms with van der Waals surface area (Å²) >= 11 is 0. The van der Waals surface area contributed by atoms with Gasteiger partial charge in [0.15, 0.2) is 0 Å². The SMILES string of the molecule is F.F.F.F.O=C1OC(=O)c2ccccc21. The molecule has 86 valence electrons. The molecular formula is C8H8F4O3. The molecule has 1 aromatic rings. The van der Waals surface area contributed by atoms with E-state index in [-0.39, 0.29) is 18.8 Å². The first-order valence-electron chi connectivity index (χ1n) is 3.14. The lowest BCUT2D eigenvalue weighted by molar-refractivity contribution is 0.0444. The summed E-state index contributed by atoms with van der Waals surface area (Å²) in [5.74, 6) is -1.10. The van der Waals surface area contributed by atoms with Crippen molar-refractivity contribution in [2.24, 2.45) is 0 Å². The van der Waals surface area contributed by atoms with Gasteiger partial charge in [0.05, 0.1) is 11.1 Å². The maximum atomic E-state index is 10.8. The van der Waals surface area contributed by atoms with E-state index in [1.807, 2.05) is 0 Å². The molecule has 1 aliphatic rings. The molecule has 7 heteroatoms. The van der Waals surface area contributed by atoms with E-state index in [2.05, 4.69) is 4.74 Å². The van der Waals surface area contributed by atoms with Crippen LogP contribution >= 0.6 is 0 Å². The van der Waals surface area contributed by atoms with Gasteiger partial charge in [0.25, 0.3) is 0 Å². The van der Waals surface area contributed by atoms with Gasteiger partial charge in [-0.1, -0.05) is 12.1 Å². The number of benzene rings is 1. The topological polar surface area (TPSA) is 43.4 Å². The van der Waals surface area contributed by atoms with Crippen LogP contribution in [0.2, 0.25) is 0 Å². The number of rotatable bonds is 0. The predicted octanol–water partition coefficient (Wildman–Crippen LogP) is 1.61. The monoisotopic (exact) mass is 228 g/mol. The number of hydrogen-bond acceptors (Lipinski definition) is 3. The number of carbonyl (C=O) groups is 2. The number of carbonyl (C=O) groups excluding carboxylic acids is 2. The van der Waals surface area contributed by atoms with Crippen LogP contribution in [0, 0.1) is 0 Å². The van der Waals surface area contributed by atoms with Gasteiger partial charge in [0.2, 0.25) is 0 Å². The second-order valence-corrected chi connectivity index (χ2v) is 2.22. The van der Waals surface area contributed by atoms with E-state index in [4.69, 9.17) is 0 Å². The van der Waals surface area contributed by atoms with Gasteiger partial charge in [-0.25, -0.2) is 9.59 Å². The van der Waals surface area contributed by atoms with Crippen LogP contribution in [0.25, 0.3) is 0 Å². The van der Waals surface area contributed by atoms with Gasteiger partial charge < -0.3 is 4.74 Å². The third-order valence-corrected chi connectivity index (χ3v) is 1.55. The van der Waals surface area contributed by atoms with Gasteiger partial charge in [0.1, 0.15) is 0 Å². The highest BCUT2D eigenvalue weighted by Crippen LogP contribution is 2.18. The highest BCUT2D eigenvalue weighted by molar-refractivity contribution is 6.14. The molecule has 3 nitrogen and oxygen atoms in total. The Morgan fingerprint density at radius 1 is 0.733 bits per heavy atom. The molecule has 0 N–H and O–H groups in total. The summed E-state index contributed by atoms with van der Waals surface area (Å²) in [7, 11) is 0. The zero-order valence-corrected chi connectivity index (χ0v) is 7.17. The lowest BCUT2D eigenvalue weighted by Crippen LogP contribution is -1.96. The summed E-state index contributed by atoms with van der Waals surface area (Å²) in [6.45, 7) is 0. The Kier molecular flexibility index (Phi) is 8.17. The molecule has 0 unspecified atom stereocenters. The van der Waals surface area contributed by atoms with Crippen molar-refractivity contribution in [3.05, 3.63) is 35.4 Å². The molecule has 0 fully saturated rings. The summed E-state index contributed by atoms with van der Waals surface area (Å²) < 4.78 is 4.35. The van der Waals surface area contributed by atoms with Gasteiger partial charge >= 0.3 is 11.9 Å². The Hall–Kier alpha value is -1.92. The quantitative estimate of drug-likeness (QED) is 0.385. The van der Waals surface area contributed by atoms with Crippen LogP contribution in [-0.4, -0.2) is 11.9 Å². The molecule has 0 bridgehead atoms. The van der Waals surface area contributed by atoms with Crippen LogP contribution in [0.15, 0.2) is 24.3 Å². The minimum atomic E-state index is -0.550. The van der Waals surface area contributed by atoms with Crippen LogP contribution in [0.1, 0.15) is 20.7 Å². The fraction of sp³-hybridized carbons (Fsp3) is 0. The first kappa shape index (κ1) is 18.8. The first-order valence-corrected chi connectivity index (χ1v) is 3.14. The van der Waals surface area contributed by atoms with Gasteiger partial charge in [-0.2, -0.15) is 0 Å². The van der Waals surface area contributed by atoms with Crippen molar-refractivity contribution in [1.29, 1.82) is 0 Å². The highest BCUT2D eigenvalue weighted by atomic mass is 19.0. The Morgan fingerprint density at radius 3 is 1.40 bits per heavy atom. The first-order chi connectivity index (χ1) is 5.29. The molecule has 15 heavy (non-hydrogen) atoms. The second kappa shape index (κ2) is 6.52. The van der Waals surface area contributed by atoms with Crippen LogP contribution in [0.4, 0.5) is 18.8 Å². The predicted molar refractivity (Wildman–Crippen MR) is 46.2 cm³/mol. The summed E-state index contributed by atoms with van der Waals surface area (Å²) in [4.78, 5) is 21.7. The molecule has 0 amide bonds. The number of cyclic esters (lactones) is 2. The van der Waals surface area contributed by atoms with Gasteiger partial charge in [-0.15, -0.1) is 0 Å². The average Bonchev–Trinajstić information content (AvgIpc) is 2.30. The van der Waals surface area contributed by atoms with E-state index in [0.29, 0.717) is 11.1 Å². The molecule has 0 saturated carbocycles. The number of ether oxygens (including phenoxy) is 1. The molecule has 2 rings (SSSR count). The number of fused-ring (bicyclic) bond motifs is 1. The minimum Gasteiger partial charge on any atom is -0.386 e. The fourth-order valence-corrected chi connectivity index (χ4v) is 1.03. The Labute approximate surface area is 81.5 Å². The summed E-state index contributed by atoms with van der Waals surface area (Å²) in [5.41, 5.74) is 0.718. The second-order valence-electron chi connectivity index (χ2n) is 2.22. The van der Waals surface area contributed by atoms with Crippen LogP contribution < -0.4 is 0 Å². The van der Waals surface area contributed by atoms with Crippen molar-refractivity contribution in [1.82, 2.24) is 0 Å². The third-order valence-electron chi connectivity index (χ3n) is 1.55. The average molecular weight is 228 g/mol. The Bertz CT molecular complexity index is 320. The molecule has 0 aliphatic carbocycles. The number of halogens is 4. The number of hydrogen-bond donors (Lipinski definition) is 0. The van der Waals surface area contributed by atoms with Crippen LogP contribution in [0.3, 0.4) is 0 Å². The maximum Gasteiger partial charge on any atom is 0.346 e. The Morgan fingerprint density at radius 2 is 1.07 bits per heavy atom. The van der Waals surface area contributed by atoms with E-state index < -0.39 is 11.9 Å². The van der Waals surface area contributed by atoms with E-state index >= 15 is 0 Å².